The minimum Gasteiger partial charge on any atom is -0.444 e. The molecule has 9 heteroatoms. The maximum absolute atomic E-state index is 14.4. The van der Waals surface area contributed by atoms with Crippen LogP contribution >= 0.6 is 0 Å². The van der Waals surface area contributed by atoms with Gasteiger partial charge in [0.1, 0.15) is 16.9 Å². The van der Waals surface area contributed by atoms with Crippen LogP contribution in [0.3, 0.4) is 0 Å². The number of ether oxygens (including phenoxy) is 3. The van der Waals surface area contributed by atoms with Crippen molar-refractivity contribution in [2.45, 2.75) is 135 Å². The summed E-state index contributed by atoms with van der Waals surface area (Å²) in [4.78, 5) is 28.7. The molecule has 6 rings (SSSR count). The third-order valence-electron chi connectivity index (χ3n) is 8.40. The molecule has 0 aliphatic heterocycles. The zero-order chi connectivity index (χ0) is 30.9. The summed E-state index contributed by atoms with van der Waals surface area (Å²) < 4.78 is 33.4. The molecule has 2 aromatic rings. The third-order valence-corrected chi connectivity index (χ3v) is 8.40. The quantitative estimate of drug-likeness (QED) is 0.339. The minimum absolute atomic E-state index is 0.0401. The van der Waals surface area contributed by atoms with Crippen molar-refractivity contribution in [3.05, 3.63) is 35.5 Å². The molecule has 4 fully saturated rings. The molecule has 2 bridgehead atoms. The molecule has 1 aromatic heterocycles. The number of hydrogen-bond donors (Lipinski definition) is 1. The number of fused-ring (bicyclic) bond motifs is 1. The second-order valence-electron chi connectivity index (χ2n) is 15.5. The molecule has 1 amide bonds. The van der Waals surface area contributed by atoms with Crippen LogP contribution in [-0.4, -0.2) is 62.1 Å². The van der Waals surface area contributed by atoms with Crippen LogP contribution < -0.4 is 0 Å². The standard InChI is InChI=1S/C33H47FN2O6/c1-29(2,3)41-27(37)35(20-32-17-33(34,18-32)19-32)16-24-13-23-10-9-22(21-11-12-25(14-21)40-31(7,8)39)15-26(23)36(24)28(38)42-30(4,5)6/h9-10,13,15,21,25,39H,11-12,14,16-20H2,1-8H3/t21-,25?,32?,33?/m0/s1. The molecular formula is C33H47FN2O6. The maximum Gasteiger partial charge on any atom is 0.419 e. The first kappa shape index (κ1) is 30.8. The lowest BCUT2D eigenvalue weighted by atomic mass is 9.42. The molecule has 1 N–H and O–H groups in total. The van der Waals surface area contributed by atoms with E-state index in [1.165, 1.54) is 0 Å². The van der Waals surface area contributed by atoms with E-state index >= 15 is 0 Å². The Hall–Kier alpha value is -2.65. The number of aromatic nitrogens is 1. The van der Waals surface area contributed by atoms with Gasteiger partial charge in [-0.3, -0.25) is 0 Å². The zero-order valence-electron chi connectivity index (χ0n) is 26.4. The van der Waals surface area contributed by atoms with Crippen molar-refractivity contribution in [1.29, 1.82) is 0 Å². The van der Waals surface area contributed by atoms with Gasteiger partial charge in [-0.25, -0.2) is 18.5 Å². The van der Waals surface area contributed by atoms with E-state index in [1.807, 2.05) is 59.7 Å². The van der Waals surface area contributed by atoms with Crippen LogP contribution in [-0.2, 0) is 20.8 Å². The number of alkyl halides is 1. The van der Waals surface area contributed by atoms with Crippen molar-refractivity contribution in [1.82, 2.24) is 9.47 Å². The lowest BCUT2D eigenvalue weighted by Gasteiger charge is -2.66. The molecule has 1 unspecified atom stereocenters. The van der Waals surface area contributed by atoms with E-state index in [0.29, 0.717) is 37.0 Å². The lowest BCUT2D eigenvalue weighted by molar-refractivity contribution is -0.220. The number of rotatable bonds is 7. The van der Waals surface area contributed by atoms with Gasteiger partial charge in [0.25, 0.3) is 0 Å². The molecule has 4 aliphatic carbocycles. The summed E-state index contributed by atoms with van der Waals surface area (Å²) in [6, 6.07) is 8.04. The van der Waals surface area contributed by atoms with E-state index in [9.17, 15) is 19.1 Å². The predicted octanol–water partition coefficient (Wildman–Crippen LogP) is 7.43. The lowest BCUT2D eigenvalue weighted by Crippen LogP contribution is -2.68. The molecule has 42 heavy (non-hydrogen) atoms. The van der Waals surface area contributed by atoms with Gasteiger partial charge in [-0.05, 0) is 123 Å². The van der Waals surface area contributed by atoms with Gasteiger partial charge < -0.3 is 24.2 Å². The van der Waals surface area contributed by atoms with Crippen LogP contribution in [0.2, 0.25) is 0 Å². The minimum atomic E-state index is -1.19. The Labute approximate surface area is 248 Å². The molecule has 0 saturated heterocycles. The first-order valence-electron chi connectivity index (χ1n) is 15.2. The second-order valence-corrected chi connectivity index (χ2v) is 15.5. The number of carbonyl (C=O) groups excluding carboxylic acids is 2. The number of amides is 1. The molecule has 8 nitrogen and oxygen atoms in total. The Morgan fingerprint density at radius 2 is 1.64 bits per heavy atom. The van der Waals surface area contributed by atoms with E-state index in [0.717, 1.165) is 30.2 Å². The average molecular weight is 587 g/mol. The van der Waals surface area contributed by atoms with E-state index in [1.54, 1.807) is 23.3 Å². The topological polar surface area (TPSA) is 90.2 Å². The van der Waals surface area contributed by atoms with Gasteiger partial charge in [0.15, 0.2) is 5.79 Å². The Balaban J connectivity index is 1.47. The molecule has 2 atom stereocenters. The smallest absolute Gasteiger partial charge is 0.419 e. The molecule has 1 heterocycles. The molecule has 1 aromatic carbocycles. The van der Waals surface area contributed by atoms with Gasteiger partial charge in [0.05, 0.1) is 18.2 Å². The highest BCUT2D eigenvalue weighted by molar-refractivity contribution is 5.91. The molecule has 4 aliphatic rings. The van der Waals surface area contributed by atoms with Crippen LogP contribution in [0, 0.1) is 5.41 Å². The molecule has 4 saturated carbocycles. The van der Waals surface area contributed by atoms with Crippen LogP contribution in [0.15, 0.2) is 24.3 Å². The number of halogens is 1. The average Bonchev–Trinajstić information content (AvgIpc) is 3.36. The number of aliphatic hydroxyl groups is 1. The fourth-order valence-corrected chi connectivity index (χ4v) is 7.07. The molecular weight excluding hydrogens is 539 g/mol. The zero-order valence-corrected chi connectivity index (χ0v) is 26.4. The van der Waals surface area contributed by atoms with Crippen molar-refractivity contribution in [3.63, 3.8) is 0 Å². The van der Waals surface area contributed by atoms with Crippen LogP contribution in [0.5, 0.6) is 0 Å². The van der Waals surface area contributed by atoms with Crippen LogP contribution in [0.1, 0.15) is 111 Å². The second kappa shape index (κ2) is 10.2. The van der Waals surface area contributed by atoms with Gasteiger partial charge in [0.2, 0.25) is 0 Å². The molecule has 0 radical (unpaired) electrons. The summed E-state index contributed by atoms with van der Waals surface area (Å²) >= 11 is 0. The number of carbonyl (C=O) groups is 2. The van der Waals surface area contributed by atoms with Gasteiger partial charge in [-0.15, -0.1) is 0 Å². The van der Waals surface area contributed by atoms with Crippen molar-refractivity contribution in [2.24, 2.45) is 5.41 Å². The monoisotopic (exact) mass is 586 g/mol. The van der Waals surface area contributed by atoms with Gasteiger partial charge in [0, 0.05) is 17.6 Å². The Bertz CT molecular complexity index is 1340. The fraction of sp³-hybridized carbons (Fsp3) is 0.697. The maximum atomic E-state index is 14.4. The first-order chi connectivity index (χ1) is 19.2. The highest BCUT2D eigenvalue weighted by Gasteiger charge is 2.69. The predicted molar refractivity (Wildman–Crippen MR) is 158 cm³/mol. The summed E-state index contributed by atoms with van der Waals surface area (Å²) in [6.07, 6.45) is 2.87. The Kier molecular flexibility index (Phi) is 7.49. The van der Waals surface area contributed by atoms with Crippen molar-refractivity contribution in [2.75, 3.05) is 6.54 Å². The SMILES string of the molecule is CC(C)(C)OC(=O)N(Cc1cc2ccc([C@H]3CCC(OC(C)(C)O)C3)cc2n1C(=O)OC(C)(C)C)CC12CC(F)(C1)C2. The molecule has 0 spiro atoms. The van der Waals surface area contributed by atoms with E-state index in [4.69, 9.17) is 14.2 Å². The largest absolute Gasteiger partial charge is 0.444 e. The van der Waals surface area contributed by atoms with E-state index in [-0.39, 0.29) is 24.0 Å². The summed E-state index contributed by atoms with van der Waals surface area (Å²) in [5.74, 6) is -0.962. The van der Waals surface area contributed by atoms with Crippen molar-refractivity contribution in [3.8, 4) is 0 Å². The summed E-state index contributed by atoms with van der Waals surface area (Å²) in [6.45, 7) is 14.7. The van der Waals surface area contributed by atoms with Crippen LogP contribution in [0.25, 0.3) is 10.9 Å². The van der Waals surface area contributed by atoms with Gasteiger partial charge in [-0.2, -0.15) is 0 Å². The summed E-state index contributed by atoms with van der Waals surface area (Å²) in [7, 11) is 0. The van der Waals surface area contributed by atoms with Crippen molar-refractivity contribution < 1.29 is 33.3 Å². The molecule has 232 valence electrons. The third kappa shape index (κ3) is 6.77. The van der Waals surface area contributed by atoms with Crippen LogP contribution in [0.4, 0.5) is 14.0 Å². The number of hydrogen-bond acceptors (Lipinski definition) is 6. The highest BCUT2D eigenvalue weighted by Crippen LogP contribution is 2.69. The van der Waals surface area contributed by atoms with Gasteiger partial charge >= 0.3 is 12.2 Å². The van der Waals surface area contributed by atoms with Crippen molar-refractivity contribution >= 4 is 23.1 Å². The Morgan fingerprint density at radius 3 is 2.21 bits per heavy atom. The number of benzene rings is 1. The Morgan fingerprint density at radius 1 is 1.00 bits per heavy atom. The first-order valence-corrected chi connectivity index (χ1v) is 15.2. The highest BCUT2D eigenvalue weighted by atomic mass is 19.1. The number of nitrogens with zero attached hydrogens (tertiary/aromatic N) is 2. The van der Waals surface area contributed by atoms with E-state index in [2.05, 4.69) is 6.07 Å². The van der Waals surface area contributed by atoms with Gasteiger partial charge in [-0.1, -0.05) is 12.1 Å². The summed E-state index contributed by atoms with van der Waals surface area (Å²) in [5, 5.41) is 11.0. The summed E-state index contributed by atoms with van der Waals surface area (Å²) in [5.41, 5.74) is -0.326. The fourth-order valence-electron chi connectivity index (χ4n) is 7.07. The van der Waals surface area contributed by atoms with E-state index < -0.39 is 34.8 Å². The normalized spacial score (nSPS) is 27.4.